The molecule has 0 atom stereocenters. The van der Waals surface area contributed by atoms with Crippen LogP contribution in [-0.4, -0.2) is 18.3 Å². The van der Waals surface area contributed by atoms with E-state index in [4.69, 9.17) is 0 Å². The molecule has 0 aromatic heterocycles. The lowest BCUT2D eigenvalue weighted by molar-refractivity contribution is -0.394. The van der Waals surface area contributed by atoms with Gasteiger partial charge in [-0.1, -0.05) is 0 Å². The van der Waals surface area contributed by atoms with Crippen molar-refractivity contribution in [2.75, 3.05) is 0 Å². The van der Waals surface area contributed by atoms with Gasteiger partial charge < -0.3 is 0 Å². The molecule has 2 aromatic carbocycles. The molecule has 0 spiro atoms. The summed E-state index contributed by atoms with van der Waals surface area (Å²) in [6.07, 6.45) is -4.65. The first-order valence-electron chi connectivity index (χ1n) is 6.90. The first kappa shape index (κ1) is 20.3. The third-order valence-corrected chi connectivity index (χ3v) is 4.59. The fraction of sp³-hybridized carbons (Fsp3) is 0.143. The minimum absolute atomic E-state index is 0.263. The third-order valence-electron chi connectivity index (χ3n) is 3.32. The topological polar surface area (TPSA) is 130 Å². The van der Waals surface area contributed by atoms with Gasteiger partial charge in [-0.15, -0.1) is 0 Å². The van der Waals surface area contributed by atoms with Gasteiger partial charge in [0.1, 0.15) is 0 Å². The molecule has 0 radical (unpaired) electrons. The molecule has 144 valence electrons. The third kappa shape index (κ3) is 4.77. The van der Waals surface area contributed by atoms with E-state index in [1.165, 1.54) is 0 Å². The molecule has 0 fully saturated rings. The zero-order valence-electron chi connectivity index (χ0n) is 13.0. The number of nitro benzene ring substituents is 2. The molecule has 27 heavy (non-hydrogen) atoms. The van der Waals surface area contributed by atoms with Gasteiger partial charge in [0.2, 0.25) is 0 Å². The molecular weight excluding hydrogens is 397 g/mol. The van der Waals surface area contributed by atoms with Gasteiger partial charge in [0.05, 0.1) is 38.5 Å². The average Bonchev–Trinajstić information content (AvgIpc) is 2.59. The number of rotatable bonds is 6. The first-order chi connectivity index (χ1) is 12.4. The van der Waals surface area contributed by atoms with E-state index in [-0.39, 0.29) is 5.56 Å². The fourth-order valence-corrected chi connectivity index (χ4v) is 2.87. The lowest BCUT2D eigenvalue weighted by atomic mass is 10.2. The van der Waals surface area contributed by atoms with Crippen molar-refractivity contribution in [2.45, 2.75) is 17.7 Å². The smallest absolute Gasteiger partial charge is 0.261 e. The number of benzene rings is 2. The number of alkyl halides is 3. The monoisotopic (exact) mass is 406 g/mol. The van der Waals surface area contributed by atoms with E-state index in [0.29, 0.717) is 30.3 Å². The van der Waals surface area contributed by atoms with Crippen LogP contribution in [0.1, 0.15) is 11.1 Å². The van der Waals surface area contributed by atoms with Crippen molar-refractivity contribution in [2.24, 2.45) is 0 Å². The molecule has 0 N–H and O–H groups in total. The predicted octanol–water partition coefficient (Wildman–Crippen LogP) is 3.43. The lowest BCUT2D eigenvalue weighted by Gasteiger charge is -2.09. The summed E-state index contributed by atoms with van der Waals surface area (Å²) in [6.45, 7) is -0.836. The molecule has 0 bridgehead atoms. The molecular formula is C14H9F3N2O7S. The summed E-state index contributed by atoms with van der Waals surface area (Å²) in [5.74, 6) is 0. The number of nitrogens with zero attached hydrogens (tertiary/aromatic N) is 2. The van der Waals surface area contributed by atoms with Crippen LogP contribution in [0, 0.1) is 20.2 Å². The first-order valence-corrected chi connectivity index (χ1v) is 8.31. The van der Waals surface area contributed by atoms with Crippen molar-refractivity contribution in [1.82, 2.24) is 0 Å². The zero-order chi connectivity index (χ0) is 20.4. The van der Waals surface area contributed by atoms with Crippen molar-refractivity contribution < 1.29 is 35.6 Å². The van der Waals surface area contributed by atoms with E-state index in [2.05, 4.69) is 4.18 Å². The van der Waals surface area contributed by atoms with Crippen LogP contribution in [0.3, 0.4) is 0 Å². The molecule has 0 saturated heterocycles. The van der Waals surface area contributed by atoms with Gasteiger partial charge in [-0.3, -0.25) is 24.4 Å². The van der Waals surface area contributed by atoms with Crippen LogP contribution in [0.2, 0.25) is 0 Å². The number of nitro groups is 2. The van der Waals surface area contributed by atoms with Crippen molar-refractivity contribution in [3.8, 4) is 0 Å². The van der Waals surface area contributed by atoms with E-state index in [1.807, 2.05) is 0 Å². The van der Waals surface area contributed by atoms with E-state index < -0.39 is 54.6 Å². The highest BCUT2D eigenvalue weighted by molar-refractivity contribution is 7.86. The van der Waals surface area contributed by atoms with E-state index in [9.17, 15) is 41.8 Å². The second-order valence-corrected chi connectivity index (χ2v) is 6.68. The maximum absolute atomic E-state index is 12.5. The van der Waals surface area contributed by atoms with Gasteiger partial charge in [0.25, 0.3) is 21.5 Å². The number of halogens is 3. The second-order valence-electron chi connectivity index (χ2n) is 5.07. The summed E-state index contributed by atoms with van der Waals surface area (Å²) in [5, 5.41) is 21.7. The number of hydrogen-bond acceptors (Lipinski definition) is 7. The highest BCUT2D eigenvalue weighted by atomic mass is 32.2. The Hall–Kier alpha value is -3.06. The maximum atomic E-state index is 12.5. The van der Waals surface area contributed by atoms with Gasteiger partial charge in [-0.05, 0) is 30.3 Å². The molecule has 2 aromatic rings. The molecule has 13 heteroatoms. The highest BCUT2D eigenvalue weighted by Gasteiger charge is 2.31. The Balaban J connectivity index is 2.25. The van der Waals surface area contributed by atoms with Crippen molar-refractivity contribution in [3.05, 3.63) is 73.8 Å². The van der Waals surface area contributed by atoms with Gasteiger partial charge in [0.15, 0.2) is 0 Å². The Labute approximate surface area is 149 Å². The van der Waals surface area contributed by atoms with Gasteiger partial charge >= 0.3 is 6.18 Å². The molecule has 0 aliphatic heterocycles. The number of non-ortho nitro benzene ring substituents is 1. The van der Waals surface area contributed by atoms with Crippen LogP contribution in [0.5, 0.6) is 0 Å². The fourth-order valence-electron chi connectivity index (χ4n) is 1.98. The van der Waals surface area contributed by atoms with E-state index >= 15 is 0 Å². The average molecular weight is 406 g/mol. The van der Waals surface area contributed by atoms with Gasteiger partial charge in [0, 0.05) is 6.07 Å². The van der Waals surface area contributed by atoms with E-state index in [1.54, 1.807) is 0 Å². The van der Waals surface area contributed by atoms with Crippen molar-refractivity contribution >= 4 is 21.5 Å². The predicted molar refractivity (Wildman–Crippen MR) is 83.2 cm³/mol. The molecule has 0 aliphatic carbocycles. The van der Waals surface area contributed by atoms with Crippen LogP contribution in [0.4, 0.5) is 24.5 Å². The quantitative estimate of drug-likeness (QED) is 0.408. The van der Waals surface area contributed by atoms with Crippen LogP contribution < -0.4 is 0 Å². The molecule has 2 rings (SSSR count). The lowest BCUT2D eigenvalue weighted by Crippen LogP contribution is -2.09. The minimum Gasteiger partial charge on any atom is -0.261 e. The molecule has 0 unspecified atom stereocenters. The van der Waals surface area contributed by atoms with Gasteiger partial charge in [-0.2, -0.15) is 21.6 Å². The van der Waals surface area contributed by atoms with Crippen LogP contribution in [0.15, 0.2) is 47.4 Å². The molecule has 9 nitrogen and oxygen atoms in total. The molecule has 0 heterocycles. The summed E-state index contributed by atoms with van der Waals surface area (Å²) in [5.41, 5.74) is -2.63. The zero-order valence-corrected chi connectivity index (χ0v) is 13.9. The van der Waals surface area contributed by atoms with Gasteiger partial charge in [-0.25, -0.2) is 0 Å². The largest absolute Gasteiger partial charge is 0.416 e. The minimum atomic E-state index is -4.65. The summed E-state index contributed by atoms with van der Waals surface area (Å²) < 4.78 is 66.2. The summed E-state index contributed by atoms with van der Waals surface area (Å²) in [7, 11) is -4.51. The highest BCUT2D eigenvalue weighted by Crippen LogP contribution is 2.30. The van der Waals surface area contributed by atoms with E-state index in [0.717, 1.165) is 12.1 Å². The van der Waals surface area contributed by atoms with Crippen LogP contribution in [-0.2, 0) is 27.1 Å². The van der Waals surface area contributed by atoms with Crippen LogP contribution >= 0.6 is 0 Å². The SMILES string of the molecule is O=[N+]([O-])c1ccc(COS(=O)(=O)c2ccc(C(F)(F)F)cc2)c([N+](=O)[O-])c1. The summed E-state index contributed by atoms with van der Waals surface area (Å²) in [4.78, 5) is 19.3. The van der Waals surface area contributed by atoms with Crippen molar-refractivity contribution in [3.63, 3.8) is 0 Å². The maximum Gasteiger partial charge on any atom is 0.416 e. The molecule has 0 amide bonds. The van der Waals surface area contributed by atoms with Crippen LogP contribution in [0.25, 0.3) is 0 Å². The second kappa shape index (κ2) is 7.28. The Morgan fingerprint density at radius 2 is 1.56 bits per heavy atom. The normalized spacial score (nSPS) is 12.0. The van der Waals surface area contributed by atoms with Crippen molar-refractivity contribution in [1.29, 1.82) is 0 Å². The Morgan fingerprint density at radius 1 is 0.963 bits per heavy atom. The summed E-state index contributed by atoms with van der Waals surface area (Å²) >= 11 is 0. The Bertz CT molecular complexity index is 989. The molecule has 0 saturated carbocycles. The summed E-state index contributed by atoms with van der Waals surface area (Å²) in [6, 6.07) is 4.98. The standard InChI is InChI=1S/C14H9F3N2O7S/c15-14(16,17)10-2-5-12(6-3-10)27(24,25)26-8-9-1-4-11(18(20)21)7-13(9)19(22)23/h1-7H,8H2. The Kier molecular flexibility index (Phi) is 5.46. The Morgan fingerprint density at radius 3 is 2.04 bits per heavy atom. The number of hydrogen-bond donors (Lipinski definition) is 0. The molecule has 0 aliphatic rings.